The number of hydrogen-bond donors (Lipinski definition) is 1. The molecule has 1 saturated heterocycles. The van der Waals surface area contributed by atoms with Crippen molar-refractivity contribution in [3.63, 3.8) is 0 Å². The molecule has 3 rings (SSSR count). The Balaban J connectivity index is 1.64. The fraction of sp³-hybridized carbons (Fsp3) is 0.389. The lowest BCUT2D eigenvalue weighted by Gasteiger charge is -2.39. The first-order valence-corrected chi connectivity index (χ1v) is 8.16. The average Bonchev–Trinajstić information content (AvgIpc) is 3.10. The molecule has 128 valence electrons. The molecule has 1 fully saturated rings. The molecule has 0 aliphatic carbocycles. The van der Waals surface area contributed by atoms with Gasteiger partial charge in [-0.05, 0) is 36.4 Å². The Hall–Kier alpha value is -2.34. The van der Waals surface area contributed by atoms with E-state index in [4.69, 9.17) is 4.42 Å². The van der Waals surface area contributed by atoms with Gasteiger partial charge >= 0.3 is 0 Å². The van der Waals surface area contributed by atoms with Gasteiger partial charge in [-0.3, -0.25) is 9.69 Å². The molecule has 0 unspecified atom stereocenters. The number of nitrogens with one attached hydrogen (secondary N) is 1. The Morgan fingerprint density at radius 2 is 1.92 bits per heavy atom. The van der Waals surface area contributed by atoms with E-state index in [0.29, 0.717) is 6.54 Å². The van der Waals surface area contributed by atoms with Crippen molar-refractivity contribution in [1.29, 1.82) is 0 Å². The van der Waals surface area contributed by atoms with Crippen LogP contribution in [0.15, 0.2) is 47.1 Å². The summed E-state index contributed by atoms with van der Waals surface area (Å²) in [6.07, 6.45) is 1.66. The first kappa shape index (κ1) is 16.5. The van der Waals surface area contributed by atoms with Gasteiger partial charge in [-0.1, -0.05) is 0 Å². The first-order chi connectivity index (χ1) is 11.6. The predicted octanol–water partition coefficient (Wildman–Crippen LogP) is 2.42. The molecule has 0 spiro atoms. The van der Waals surface area contributed by atoms with Crippen LogP contribution in [-0.2, 0) is 4.79 Å². The Bertz CT molecular complexity index is 649. The number of anilines is 1. The zero-order valence-corrected chi connectivity index (χ0v) is 13.7. The predicted molar refractivity (Wildman–Crippen MR) is 90.3 cm³/mol. The number of furan rings is 1. The lowest BCUT2D eigenvalue weighted by Crippen LogP contribution is -2.49. The minimum absolute atomic E-state index is 0.0271. The molecule has 24 heavy (non-hydrogen) atoms. The van der Waals surface area contributed by atoms with Crippen LogP contribution in [0.2, 0.25) is 0 Å². The van der Waals surface area contributed by atoms with E-state index in [1.807, 2.05) is 24.3 Å². The summed E-state index contributed by atoms with van der Waals surface area (Å²) in [7, 11) is 0. The van der Waals surface area contributed by atoms with Crippen molar-refractivity contribution < 1.29 is 13.6 Å². The second-order valence-corrected chi connectivity index (χ2v) is 5.97. The van der Waals surface area contributed by atoms with Gasteiger partial charge in [0.2, 0.25) is 5.91 Å². The topological polar surface area (TPSA) is 48.7 Å². The molecule has 1 atom stereocenters. The molecule has 2 aromatic rings. The number of amides is 1. The summed E-state index contributed by atoms with van der Waals surface area (Å²) in [5.41, 5.74) is 1.03. The van der Waals surface area contributed by atoms with E-state index in [1.165, 1.54) is 19.1 Å². The number of rotatable bonds is 5. The van der Waals surface area contributed by atoms with E-state index < -0.39 is 0 Å². The Labute approximate surface area is 141 Å². The molecule has 2 heterocycles. The zero-order chi connectivity index (χ0) is 16.9. The molecule has 0 saturated carbocycles. The monoisotopic (exact) mass is 331 g/mol. The third-order valence-electron chi connectivity index (χ3n) is 4.36. The van der Waals surface area contributed by atoms with E-state index in [9.17, 15) is 9.18 Å². The highest BCUT2D eigenvalue weighted by Crippen LogP contribution is 2.24. The molecule has 1 N–H and O–H groups in total. The van der Waals surface area contributed by atoms with Crippen molar-refractivity contribution in [3.8, 4) is 0 Å². The van der Waals surface area contributed by atoms with Gasteiger partial charge in [0.15, 0.2) is 0 Å². The van der Waals surface area contributed by atoms with Crippen molar-refractivity contribution in [3.05, 3.63) is 54.2 Å². The largest absolute Gasteiger partial charge is 0.468 e. The Morgan fingerprint density at radius 1 is 1.21 bits per heavy atom. The van der Waals surface area contributed by atoms with Crippen LogP contribution in [0.5, 0.6) is 0 Å². The van der Waals surface area contributed by atoms with Gasteiger partial charge in [-0.2, -0.15) is 0 Å². The summed E-state index contributed by atoms with van der Waals surface area (Å²) >= 11 is 0. The lowest BCUT2D eigenvalue weighted by molar-refractivity contribution is -0.119. The number of benzene rings is 1. The fourth-order valence-electron chi connectivity index (χ4n) is 3.07. The smallest absolute Gasteiger partial charge is 0.216 e. The second kappa shape index (κ2) is 7.49. The maximum absolute atomic E-state index is 13.1. The number of nitrogens with zero attached hydrogens (tertiary/aromatic N) is 2. The summed E-state index contributed by atoms with van der Waals surface area (Å²) in [6, 6.07) is 10.4. The van der Waals surface area contributed by atoms with Crippen molar-refractivity contribution in [1.82, 2.24) is 10.2 Å². The standard InChI is InChI=1S/C18H22FN3O2/c1-14(23)20-13-17(18-3-2-12-24-18)22-10-8-21(9-11-22)16-6-4-15(19)5-7-16/h2-7,12,17H,8-11,13H2,1H3,(H,20,23)/t17-/m1/s1. The van der Waals surface area contributed by atoms with Gasteiger partial charge in [0.1, 0.15) is 11.6 Å². The molecular formula is C18H22FN3O2. The quantitative estimate of drug-likeness (QED) is 0.914. The molecule has 0 bridgehead atoms. The van der Waals surface area contributed by atoms with Gasteiger partial charge in [0.25, 0.3) is 0 Å². The minimum atomic E-state index is -0.217. The van der Waals surface area contributed by atoms with E-state index in [-0.39, 0.29) is 17.8 Å². The number of piperazine rings is 1. The Morgan fingerprint density at radius 3 is 2.50 bits per heavy atom. The number of hydrogen-bond acceptors (Lipinski definition) is 4. The first-order valence-electron chi connectivity index (χ1n) is 8.16. The molecule has 1 aliphatic rings. The summed E-state index contributed by atoms with van der Waals surface area (Å²) in [6.45, 7) is 5.45. The Kier molecular flexibility index (Phi) is 5.15. The van der Waals surface area contributed by atoms with E-state index >= 15 is 0 Å². The molecule has 1 amide bonds. The van der Waals surface area contributed by atoms with Crippen LogP contribution in [-0.4, -0.2) is 43.5 Å². The van der Waals surface area contributed by atoms with Crippen LogP contribution in [0, 0.1) is 5.82 Å². The summed E-state index contributed by atoms with van der Waals surface area (Å²) in [4.78, 5) is 15.8. The molecule has 5 nitrogen and oxygen atoms in total. The molecule has 1 aliphatic heterocycles. The minimum Gasteiger partial charge on any atom is -0.468 e. The van der Waals surface area contributed by atoms with Crippen LogP contribution in [0.3, 0.4) is 0 Å². The summed E-state index contributed by atoms with van der Waals surface area (Å²) in [5, 5.41) is 2.88. The van der Waals surface area contributed by atoms with Gasteiger partial charge in [-0.15, -0.1) is 0 Å². The normalized spacial score (nSPS) is 16.8. The summed E-state index contributed by atoms with van der Waals surface area (Å²) in [5.74, 6) is 0.598. The third kappa shape index (κ3) is 3.94. The van der Waals surface area contributed by atoms with Crippen molar-refractivity contribution in [2.45, 2.75) is 13.0 Å². The van der Waals surface area contributed by atoms with Crippen molar-refractivity contribution >= 4 is 11.6 Å². The second-order valence-electron chi connectivity index (χ2n) is 5.97. The zero-order valence-electron chi connectivity index (χ0n) is 13.7. The van der Waals surface area contributed by atoms with E-state index in [2.05, 4.69) is 15.1 Å². The van der Waals surface area contributed by atoms with Crippen LogP contribution >= 0.6 is 0 Å². The molecule has 1 aromatic heterocycles. The van der Waals surface area contributed by atoms with E-state index in [0.717, 1.165) is 37.6 Å². The number of carbonyl (C=O) groups excluding carboxylic acids is 1. The highest BCUT2D eigenvalue weighted by atomic mass is 19.1. The van der Waals surface area contributed by atoms with Crippen LogP contribution in [0.1, 0.15) is 18.7 Å². The molecule has 1 aromatic carbocycles. The van der Waals surface area contributed by atoms with Crippen LogP contribution in [0.4, 0.5) is 10.1 Å². The van der Waals surface area contributed by atoms with Crippen molar-refractivity contribution in [2.75, 3.05) is 37.6 Å². The number of carbonyl (C=O) groups is 1. The van der Waals surface area contributed by atoms with Crippen molar-refractivity contribution in [2.24, 2.45) is 0 Å². The molecular weight excluding hydrogens is 309 g/mol. The molecule has 0 radical (unpaired) electrons. The highest BCUT2D eigenvalue weighted by Gasteiger charge is 2.27. The average molecular weight is 331 g/mol. The number of halogens is 1. The maximum atomic E-state index is 13.1. The van der Waals surface area contributed by atoms with E-state index in [1.54, 1.807) is 6.26 Å². The SMILES string of the molecule is CC(=O)NC[C@H](c1ccco1)N1CCN(c2ccc(F)cc2)CC1. The van der Waals surface area contributed by atoms with Crippen LogP contribution in [0.25, 0.3) is 0 Å². The fourth-order valence-corrected chi connectivity index (χ4v) is 3.07. The third-order valence-corrected chi connectivity index (χ3v) is 4.36. The summed E-state index contributed by atoms with van der Waals surface area (Å²) < 4.78 is 18.6. The van der Waals surface area contributed by atoms with Gasteiger partial charge in [-0.25, -0.2) is 4.39 Å². The van der Waals surface area contributed by atoms with Gasteiger partial charge in [0.05, 0.1) is 12.3 Å². The highest BCUT2D eigenvalue weighted by molar-refractivity contribution is 5.72. The lowest BCUT2D eigenvalue weighted by atomic mass is 10.1. The van der Waals surface area contributed by atoms with Gasteiger partial charge < -0.3 is 14.6 Å². The maximum Gasteiger partial charge on any atom is 0.216 e. The van der Waals surface area contributed by atoms with Gasteiger partial charge in [0, 0.05) is 45.3 Å². The van der Waals surface area contributed by atoms with Crippen LogP contribution < -0.4 is 10.2 Å². The molecule has 6 heteroatoms.